The maximum atomic E-state index is 9.44. The van der Waals surface area contributed by atoms with Crippen molar-refractivity contribution in [2.75, 3.05) is 19.9 Å². The summed E-state index contributed by atoms with van der Waals surface area (Å²) in [5.74, 6) is 2.79. The first-order valence-corrected chi connectivity index (χ1v) is 7.57. The highest BCUT2D eigenvalue weighted by molar-refractivity contribution is 5.48. The standard InChI is InChI=1S/C16H23NO3/c18-10-14-5-2-1-4-12(14)8-17-9-13-6-3-7-15-16(13)20-11-19-15/h3,6-7,12,14,17-18H,1-2,4-5,8-11H2. The zero-order chi connectivity index (χ0) is 13.8. The predicted molar refractivity (Wildman–Crippen MR) is 76.8 cm³/mol. The van der Waals surface area contributed by atoms with E-state index in [9.17, 15) is 5.11 Å². The number of aliphatic hydroxyl groups is 1. The minimum absolute atomic E-state index is 0.321. The van der Waals surface area contributed by atoms with Crippen LogP contribution in [0.15, 0.2) is 18.2 Å². The molecule has 0 amide bonds. The van der Waals surface area contributed by atoms with E-state index in [1.54, 1.807) is 0 Å². The van der Waals surface area contributed by atoms with Gasteiger partial charge in [-0.25, -0.2) is 0 Å². The Morgan fingerprint density at radius 2 is 2.00 bits per heavy atom. The third-order valence-corrected chi connectivity index (χ3v) is 4.50. The lowest BCUT2D eigenvalue weighted by Crippen LogP contribution is -2.32. The van der Waals surface area contributed by atoms with Gasteiger partial charge in [-0.15, -0.1) is 0 Å². The molecule has 0 spiro atoms. The highest BCUT2D eigenvalue weighted by Crippen LogP contribution is 2.35. The normalized spacial score (nSPS) is 24.9. The van der Waals surface area contributed by atoms with E-state index in [-0.39, 0.29) is 0 Å². The second-order valence-corrected chi connectivity index (χ2v) is 5.77. The number of hydrogen-bond donors (Lipinski definition) is 2. The summed E-state index contributed by atoms with van der Waals surface area (Å²) in [4.78, 5) is 0. The molecule has 2 unspecified atom stereocenters. The van der Waals surface area contributed by atoms with Crippen LogP contribution in [0.25, 0.3) is 0 Å². The van der Waals surface area contributed by atoms with Gasteiger partial charge in [-0.3, -0.25) is 0 Å². The Morgan fingerprint density at radius 3 is 2.85 bits per heavy atom. The molecule has 1 fully saturated rings. The Bertz CT molecular complexity index is 449. The van der Waals surface area contributed by atoms with E-state index in [1.165, 1.54) is 25.7 Å². The number of hydrogen-bond acceptors (Lipinski definition) is 4. The fourth-order valence-electron chi connectivity index (χ4n) is 3.32. The summed E-state index contributed by atoms with van der Waals surface area (Å²) < 4.78 is 10.9. The molecule has 4 nitrogen and oxygen atoms in total. The van der Waals surface area contributed by atoms with Crippen molar-refractivity contribution in [3.8, 4) is 11.5 Å². The van der Waals surface area contributed by atoms with Gasteiger partial charge in [0.05, 0.1) is 0 Å². The molecule has 2 aliphatic rings. The van der Waals surface area contributed by atoms with Gasteiger partial charge >= 0.3 is 0 Å². The van der Waals surface area contributed by atoms with Gasteiger partial charge in [0.25, 0.3) is 0 Å². The molecule has 110 valence electrons. The second kappa shape index (κ2) is 6.46. The second-order valence-electron chi connectivity index (χ2n) is 5.77. The first-order valence-electron chi connectivity index (χ1n) is 7.57. The molecular weight excluding hydrogens is 254 g/mol. The third-order valence-electron chi connectivity index (χ3n) is 4.50. The van der Waals surface area contributed by atoms with Gasteiger partial charge in [0, 0.05) is 18.7 Å². The zero-order valence-corrected chi connectivity index (χ0v) is 11.8. The van der Waals surface area contributed by atoms with Gasteiger partial charge in [-0.05, 0) is 37.3 Å². The lowest BCUT2D eigenvalue weighted by Gasteiger charge is -2.30. The van der Waals surface area contributed by atoms with Gasteiger partial charge in [0.15, 0.2) is 11.5 Å². The number of para-hydroxylation sites is 1. The van der Waals surface area contributed by atoms with Crippen molar-refractivity contribution in [1.29, 1.82) is 0 Å². The van der Waals surface area contributed by atoms with Gasteiger partial charge in [0.1, 0.15) is 0 Å². The Hall–Kier alpha value is -1.26. The van der Waals surface area contributed by atoms with E-state index in [4.69, 9.17) is 9.47 Å². The molecule has 1 aromatic rings. The smallest absolute Gasteiger partial charge is 0.231 e. The summed E-state index contributed by atoms with van der Waals surface area (Å²) in [5.41, 5.74) is 1.15. The molecule has 0 bridgehead atoms. The summed E-state index contributed by atoms with van der Waals surface area (Å²) in [6, 6.07) is 6.02. The number of benzene rings is 1. The van der Waals surface area contributed by atoms with Crippen LogP contribution in [0.1, 0.15) is 31.2 Å². The molecule has 1 aromatic carbocycles. The first kappa shape index (κ1) is 13.7. The molecule has 4 heteroatoms. The van der Waals surface area contributed by atoms with Crippen LogP contribution in [0.3, 0.4) is 0 Å². The molecule has 1 aliphatic heterocycles. The van der Waals surface area contributed by atoms with Gasteiger partial charge in [-0.2, -0.15) is 0 Å². The first-order chi connectivity index (χ1) is 9.88. The number of fused-ring (bicyclic) bond motifs is 1. The van der Waals surface area contributed by atoms with E-state index in [0.29, 0.717) is 25.2 Å². The van der Waals surface area contributed by atoms with Crippen LogP contribution in [0.5, 0.6) is 11.5 Å². The molecule has 3 rings (SSSR count). The molecule has 2 atom stereocenters. The number of ether oxygens (including phenoxy) is 2. The Labute approximate surface area is 120 Å². The lowest BCUT2D eigenvalue weighted by atomic mass is 9.79. The van der Waals surface area contributed by atoms with Crippen molar-refractivity contribution in [3.63, 3.8) is 0 Å². The maximum Gasteiger partial charge on any atom is 0.231 e. The summed E-state index contributed by atoms with van der Waals surface area (Å²) in [7, 11) is 0. The highest BCUT2D eigenvalue weighted by atomic mass is 16.7. The van der Waals surface area contributed by atoms with Crippen molar-refractivity contribution < 1.29 is 14.6 Å². The Kier molecular flexibility index (Phi) is 4.43. The van der Waals surface area contributed by atoms with Crippen molar-refractivity contribution in [1.82, 2.24) is 5.32 Å². The minimum Gasteiger partial charge on any atom is -0.454 e. The number of rotatable bonds is 5. The lowest BCUT2D eigenvalue weighted by molar-refractivity contribution is 0.133. The van der Waals surface area contributed by atoms with Crippen LogP contribution in [0, 0.1) is 11.8 Å². The fraction of sp³-hybridized carbons (Fsp3) is 0.625. The van der Waals surface area contributed by atoms with E-state index >= 15 is 0 Å². The predicted octanol–water partition coefficient (Wildman–Crippen LogP) is 2.30. The van der Waals surface area contributed by atoms with Crippen LogP contribution >= 0.6 is 0 Å². The van der Waals surface area contributed by atoms with E-state index in [2.05, 4.69) is 11.4 Å². The topological polar surface area (TPSA) is 50.7 Å². The molecule has 0 radical (unpaired) electrons. The molecule has 0 saturated heterocycles. The molecular formula is C16H23NO3. The Balaban J connectivity index is 1.54. The van der Waals surface area contributed by atoms with E-state index in [0.717, 1.165) is 30.2 Å². The van der Waals surface area contributed by atoms with E-state index in [1.807, 2.05) is 12.1 Å². The van der Waals surface area contributed by atoms with Gasteiger partial charge in [0.2, 0.25) is 6.79 Å². The summed E-state index contributed by atoms with van der Waals surface area (Å²) >= 11 is 0. The van der Waals surface area contributed by atoms with Gasteiger partial charge in [-0.1, -0.05) is 25.0 Å². The molecule has 0 aromatic heterocycles. The van der Waals surface area contributed by atoms with Crippen LogP contribution in [0.2, 0.25) is 0 Å². The molecule has 1 heterocycles. The average Bonchev–Trinajstić information content (AvgIpc) is 2.97. The molecule has 2 N–H and O–H groups in total. The quantitative estimate of drug-likeness (QED) is 0.867. The summed E-state index contributed by atoms with van der Waals surface area (Å²) in [6.45, 7) is 2.41. The highest BCUT2D eigenvalue weighted by Gasteiger charge is 2.24. The molecule has 20 heavy (non-hydrogen) atoms. The van der Waals surface area contributed by atoms with Crippen LogP contribution in [-0.2, 0) is 6.54 Å². The average molecular weight is 277 g/mol. The number of nitrogens with one attached hydrogen (secondary N) is 1. The minimum atomic E-state index is 0.321. The van der Waals surface area contributed by atoms with E-state index < -0.39 is 0 Å². The summed E-state index contributed by atoms with van der Waals surface area (Å²) in [5, 5.41) is 13.0. The van der Waals surface area contributed by atoms with Crippen LogP contribution < -0.4 is 14.8 Å². The Morgan fingerprint density at radius 1 is 1.15 bits per heavy atom. The SMILES string of the molecule is OCC1CCCCC1CNCc1cccc2c1OCO2. The van der Waals surface area contributed by atoms with Crippen molar-refractivity contribution >= 4 is 0 Å². The third kappa shape index (κ3) is 2.91. The largest absolute Gasteiger partial charge is 0.454 e. The van der Waals surface area contributed by atoms with Crippen LogP contribution in [-0.4, -0.2) is 25.1 Å². The van der Waals surface area contributed by atoms with Gasteiger partial charge < -0.3 is 19.9 Å². The molecule has 1 aliphatic carbocycles. The van der Waals surface area contributed by atoms with Crippen LogP contribution in [0.4, 0.5) is 0 Å². The van der Waals surface area contributed by atoms with Crippen molar-refractivity contribution in [2.24, 2.45) is 11.8 Å². The fourth-order valence-corrected chi connectivity index (χ4v) is 3.32. The summed E-state index contributed by atoms with van der Waals surface area (Å²) in [6.07, 6.45) is 4.95. The maximum absolute atomic E-state index is 9.44. The number of aliphatic hydroxyl groups excluding tert-OH is 1. The van der Waals surface area contributed by atoms with Crippen molar-refractivity contribution in [3.05, 3.63) is 23.8 Å². The zero-order valence-electron chi connectivity index (χ0n) is 11.8. The monoisotopic (exact) mass is 277 g/mol. The van der Waals surface area contributed by atoms with Crippen molar-refractivity contribution in [2.45, 2.75) is 32.2 Å². The molecule has 1 saturated carbocycles.